The Bertz CT molecular complexity index is 1660. The first-order valence-corrected chi connectivity index (χ1v) is 14.3. The van der Waals surface area contributed by atoms with Crippen LogP contribution in [0.15, 0.2) is 70.6 Å². The summed E-state index contributed by atoms with van der Waals surface area (Å²) in [6.07, 6.45) is -0.137. The molecule has 0 radical (unpaired) electrons. The molecule has 1 unspecified atom stereocenters. The highest BCUT2D eigenvalue weighted by Gasteiger charge is 2.42. The van der Waals surface area contributed by atoms with Gasteiger partial charge in [-0.05, 0) is 48.0 Å². The highest BCUT2D eigenvalue weighted by atomic mass is 35.5. The minimum absolute atomic E-state index is 0.0254. The zero-order chi connectivity index (χ0) is 29.2. The summed E-state index contributed by atoms with van der Waals surface area (Å²) in [5, 5.41) is 6.30. The van der Waals surface area contributed by atoms with E-state index in [9.17, 15) is 14.4 Å². The standard InChI is InChI=1S/C29H24ClN5O6S/c1-39-22-9-7-17(11-19(22)30)32-26(37)14-42-29-34-20-5-3-2-4-18(20)27-33-21(28(38)35(27)29)12-25(36)31-13-16-6-8-23-24(10-16)41-15-40-23/h2-11,21H,12-15H2,1H3,(H,31,36)(H,32,37). The minimum atomic E-state index is -0.927. The van der Waals surface area contributed by atoms with Gasteiger partial charge in [-0.25, -0.2) is 9.89 Å². The van der Waals surface area contributed by atoms with E-state index in [0.29, 0.717) is 50.2 Å². The zero-order valence-corrected chi connectivity index (χ0v) is 23.8. The molecule has 13 heteroatoms. The molecule has 6 rings (SSSR count). The fraction of sp³-hybridized carbons (Fsp3) is 0.207. The summed E-state index contributed by atoms with van der Waals surface area (Å²) in [5.41, 5.74) is 2.64. The average Bonchev–Trinajstić information content (AvgIpc) is 3.59. The lowest BCUT2D eigenvalue weighted by molar-refractivity contribution is -0.128. The predicted octanol–water partition coefficient (Wildman–Crippen LogP) is 4.11. The molecule has 0 fully saturated rings. The molecule has 42 heavy (non-hydrogen) atoms. The topological polar surface area (TPSA) is 131 Å². The molecule has 0 saturated heterocycles. The van der Waals surface area contributed by atoms with E-state index in [0.717, 1.165) is 17.3 Å². The molecule has 3 aliphatic rings. The molecule has 0 aromatic heterocycles. The maximum atomic E-state index is 13.5. The van der Waals surface area contributed by atoms with E-state index in [2.05, 4.69) is 20.6 Å². The molecule has 214 valence electrons. The summed E-state index contributed by atoms with van der Waals surface area (Å²) >= 11 is 7.26. The minimum Gasteiger partial charge on any atom is -0.495 e. The molecule has 3 aromatic rings. The van der Waals surface area contributed by atoms with Crippen LogP contribution in [0.3, 0.4) is 0 Å². The number of hydrogen-bond donors (Lipinski definition) is 2. The van der Waals surface area contributed by atoms with Gasteiger partial charge in [0.25, 0.3) is 5.91 Å². The maximum Gasteiger partial charge on any atom is 0.259 e. The molecule has 0 bridgehead atoms. The van der Waals surface area contributed by atoms with Gasteiger partial charge in [0.15, 0.2) is 16.7 Å². The third-order valence-corrected chi connectivity index (χ3v) is 7.85. The van der Waals surface area contributed by atoms with E-state index in [1.54, 1.807) is 30.3 Å². The normalized spacial score (nSPS) is 16.3. The molecule has 3 heterocycles. The van der Waals surface area contributed by atoms with Crippen LogP contribution < -0.4 is 24.8 Å². The van der Waals surface area contributed by atoms with Crippen LogP contribution in [0.25, 0.3) is 0 Å². The van der Waals surface area contributed by atoms with E-state index in [1.165, 1.54) is 12.0 Å². The van der Waals surface area contributed by atoms with Gasteiger partial charge in [0.2, 0.25) is 18.6 Å². The van der Waals surface area contributed by atoms with Crippen molar-refractivity contribution in [3.05, 3.63) is 76.8 Å². The second kappa shape index (κ2) is 11.7. The van der Waals surface area contributed by atoms with Crippen molar-refractivity contribution in [1.29, 1.82) is 0 Å². The summed E-state index contributed by atoms with van der Waals surface area (Å²) in [7, 11) is 1.51. The highest BCUT2D eigenvalue weighted by molar-refractivity contribution is 8.14. The third kappa shape index (κ3) is 5.63. The molecular weight excluding hydrogens is 582 g/mol. The number of ether oxygens (including phenoxy) is 3. The van der Waals surface area contributed by atoms with E-state index < -0.39 is 6.04 Å². The Hall–Kier alpha value is -4.55. The first-order chi connectivity index (χ1) is 20.4. The quantitative estimate of drug-likeness (QED) is 0.395. The second-order valence-electron chi connectivity index (χ2n) is 9.41. The van der Waals surface area contributed by atoms with Crippen molar-refractivity contribution in [3.8, 4) is 17.2 Å². The molecule has 1 atom stereocenters. The smallest absolute Gasteiger partial charge is 0.259 e. The van der Waals surface area contributed by atoms with Crippen LogP contribution in [0, 0.1) is 0 Å². The van der Waals surface area contributed by atoms with Crippen LogP contribution in [0.1, 0.15) is 17.5 Å². The number of amidine groups is 2. The first kappa shape index (κ1) is 27.6. The number of fused-ring (bicyclic) bond motifs is 4. The van der Waals surface area contributed by atoms with Crippen molar-refractivity contribution < 1.29 is 28.6 Å². The van der Waals surface area contributed by atoms with Crippen molar-refractivity contribution in [2.45, 2.75) is 19.0 Å². The number of carbonyl (C=O) groups is 3. The van der Waals surface area contributed by atoms with Crippen LogP contribution in [0.5, 0.6) is 17.2 Å². The predicted molar refractivity (Wildman–Crippen MR) is 159 cm³/mol. The highest BCUT2D eigenvalue weighted by Crippen LogP contribution is 2.35. The lowest BCUT2D eigenvalue weighted by Gasteiger charge is -2.25. The molecule has 11 nitrogen and oxygen atoms in total. The van der Waals surface area contributed by atoms with E-state index >= 15 is 0 Å². The third-order valence-electron chi connectivity index (χ3n) is 6.62. The van der Waals surface area contributed by atoms with Gasteiger partial charge in [-0.2, -0.15) is 0 Å². The number of amides is 3. The maximum absolute atomic E-state index is 13.5. The molecule has 0 saturated carbocycles. The Labute approximate surface area is 249 Å². The summed E-state index contributed by atoms with van der Waals surface area (Å²) in [6, 6.07) is 16.7. The molecule has 0 aliphatic carbocycles. The summed E-state index contributed by atoms with van der Waals surface area (Å²) in [5.74, 6) is 1.14. The lowest BCUT2D eigenvalue weighted by atomic mass is 10.1. The van der Waals surface area contributed by atoms with Crippen molar-refractivity contribution in [2.24, 2.45) is 9.98 Å². The van der Waals surface area contributed by atoms with E-state index in [1.807, 2.05) is 30.3 Å². The molecule has 2 N–H and O–H groups in total. The number of carbonyl (C=O) groups excluding carboxylic acids is 3. The van der Waals surface area contributed by atoms with Crippen LogP contribution in [0.2, 0.25) is 5.02 Å². The van der Waals surface area contributed by atoms with Crippen LogP contribution in [0.4, 0.5) is 11.4 Å². The zero-order valence-electron chi connectivity index (χ0n) is 22.3. The summed E-state index contributed by atoms with van der Waals surface area (Å²) in [4.78, 5) is 49.7. The number of para-hydroxylation sites is 1. The molecule has 0 spiro atoms. The number of nitrogens with one attached hydrogen (secondary N) is 2. The number of benzene rings is 3. The molecular formula is C29H24ClN5O6S. The fourth-order valence-corrected chi connectivity index (χ4v) is 5.66. The van der Waals surface area contributed by atoms with Crippen molar-refractivity contribution >= 4 is 63.5 Å². The number of anilines is 1. The molecule has 3 aliphatic heterocycles. The number of aliphatic imine (C=N–C) groups is 2. The number of nitrogens with zero attached hydrogens (tertiary/aromatic N) is 3. The van der Waals surface area contributed by atoms with Gasteiger partial charge < -0.3 is 24.8 Å². The van der Waals surface area contributed by atoms with Gasteiger partial charge >= 0.3 is 0 Å². The summed E-state index contributed by atoms with van der Waals surface area (Å²) in [6.45, 7) is 0.428. The lowest BCUT2D eigenvalue weighted by Crippen LogP contribution is -2.42. The van der Waals surface area contributed by atoms with Gasteiger partial charge in [-0.15, -0.1) is 0 Å². The van der Waals surface area contributed by atoms with Crippen LogP contribution >= 0.6 is 23.4 Å². The average molecular weight is 606 g/mol. The largest absolute Gasteiger partial charge is 0.495 e. The SMILES string of the molecule is COc1ccc(NC(=O)CSC2=Nc3ccccc3C3=NC(CC(=O)NCc4ccc5c(c4)OCO5)C(=O)N23)cc1Cl. The van der Waals surface area contributed by atoms with E-state index in [-0.39, 0.29) is 43.2 Å². The number of methoxy groups -OCH3 is 1. The van der Waals surface area contributed by atoms with Crippen LogP contribution in [-0.4, -0.2) is 59.3 Å². The monoisotopic (exact) mass is 605 g/mol. The molecule has 3 amide bonds. The van der Waals surface area contributed by atoms with Crippen molar-refractivity contribution in [3.63, 3.8) is 0 Å². The van der Waals surface area contributed by atoms with Gasteiger partial charge in [0, 0.05) is 17.8 Å². The number of rotatable bonds is 8. The van der Waals surface area contributed by atoms with Gasteiger partial charge in [-0.3, -0.25) is 19.4 Å². The Balaban J connectivity index is 1.12. The Kier molecular flexibility index (Phi) is 7.72. The number of hydrogen-bond acceptors (Lipinski definition) is 9. The second-order valence-corrected chi connectivity index (χ2v) is 10.8. The number of halogens is 1. The first-order valence-electron chi connectivity index (χ1n) is 12.9. The van der Waals surface area contributed by atoms with Gasteiger partial charge in [0.1, 0.15) is 17.6 Å². The Morgan fingerprint density at radius 2 is 1.93 bits per heavy atom. The Morgan fingerprint density at radius 3 is 2.76 bits per heavy atom. The van der Waals surface area contributed by atoms with Gasteiger partial charge in [0.05, 0.1) is 30.0 Å². The van der Waals surface area contributed by atoms with E-state index in [4.69, 9.17) is 25.8 Å². The number of thioether (sulfide) groups is 1. The fourth-order valence-electron chi connectivity index (χ4n) is 4.60. The summed E-state index contributed by atoms with van der Waals surface area (Å²) < 4.78 is 15.9. The molecule has 3 aromatic carbocycles. The Morgan fingerprint density at radius 1 is 1.10 bits per heavy atom. The van der Waals surface area contributed by atoms with Crippen molar-refractivity contribution in [1.82, 2.24) is 10.2 Å². The van der Waals surface area contributed by atoms with Gasteiger partial charge in [-0.1, -0.05) is 41.6 Å². The van der Waals surface area contributed by atoms with Crippen LogP contribution in [-0.2, 0) is 20.9 Å². The van der Waals surface area contributed by atoms with Crippen molar-refractivity contribution in [2.75, 3.05) is 25.0 Å².